The molecule has 160 valence electrons. The molecule has 4 fully saturated rings. The number of ether oxygens (including phenoxy) is 2. The Kier molecular flexibility index (Phi) is 5.08. The number of carbonyl (C=O) groups excluding carboxylic acids is 1. The van der Waals surface area contributed by atoms with Gasteiger partial charge in [-0.15, -0.1) is 0 Å². The van der Waals surface area contributed by atoms with Crippen molar-refractivity contribution < 1.29 is 14.3 Å². The summed E-state index contributed by atoms with van der Waals surface area (Å²) in [6.45, 7) is 2.19. The number of methoxy groups -OCH3 is 1. The molecule has 2 aromatic rings. The molecule has 4 aliphatic rings. The zero-order valence-corrected chi connectivity index (χ0v) is 18.1. The van der Waals surface area contributed by atoms with Crippen LogP contribution in [0.2, 0.25) is 0 Å². The van der Waals surface area contributed by atoms with Crippen molar-refractivity contribution in [2.45, 2.75) is 58.3 Å². The Morgan fingerprint density at radius 1 is 1.13 bits per heavy atom. The lowest BCUT2D eigenvalue weighted by Crippen LogP contribution is -2.46. The number of esters is 1. The maximum atomic E-state index is 12.7. The van der Waals surface area contributed by atoms with Crippen molar-refractivity contribution in [3.05, 3.63) is 35.7 Å². The van der Waals surface area contributed by atoms with E-state index >= 15 is 0 Å². The number of para-hydroxylation sites is 1. The molecule has 1 N–H and O–H groups in total. The maximum Gasteiger partial charge on any atom is 0.358 e. The molecule has 0 spiro atoms. The summed E-state index contributed by atoms with van der Waals surface area (Å²) >= 11 is 0. The third-order valence-electron chi connectivity index (χ3n) is 7.68. The molecule has 0 amide bonds. The molecule has 0 radical (unpaired) electrons. The lowest BCUT2D eigenvalue weighted by Gasteiger charge is -2.57. The molecule has 5 heteroatoms. The number of nitrogens with zero attached hydrogens (tertiary/aromatic N) is 1. The number of aryl methyl sites for hydroxylation is 1. The zero-order chi connectivity index (χ0) is 20.7. The van der Waals surface area contributed by atoms with Crippen LogP contribution in [0.25, 0.3) is 11.4 Å². The molecule has 5 nitrogen and oxygen atoms in total. The molecule has 4 bridgehead atoms. The number of nitrogens with one attached hydrogen (secondary N) is 1. The predicted octanol–water partition coefficient (Wildman–Crippen LogP) is 5.41. The highest BCUT2D eigenvalue weighted by molar-refractivity contribution is 5.89. The van der Waals surface area contributed by atoms with Crippen LogP contribution in [0.4, 0.5) is 0 Å². The number of imidazole rings is 1. The zero-order valence-electron chi connectivity index (χ0n) is 18.1. The van der Waals surface area contributed by atoms with E-state index in [0.29, 0.717) is 23.5 Å². The number of rotatable bonds is 7. The molecular formula is C25H32N2O3. The van der Waals surface area contributed by atoms with E-state index in [2.05, 4.69) is 9.97 Å². The number of H-pyrrole nitrogens is 1. The Morgan fingerprint density at radius 3 is 2.43 bits per heavy atom. The van der Waals surface area contributed by atoms with Gasteiger partial charge in [0.2, 0.25) is 0 Å². The molecule has 1 aromatic carbocycles. The molecule has 0 saturated heterocycles. The first-order valence-corrected chi connectivity index (χ1v) is 11.5. The van der Waals surface area contributed by atoms with Gasteiger partial charge in [-0.2, -0.15) is 0 Å². The van der Waals surface area contributed by atoms with Crippen molar-refractivity contribution in [2.75, 3.05) is 13.7 Å². The van der Waals surface area contributed by atoms with Crippen LogP contribution < -0.4 is 4.74 Å². The summed E-state index contributed by atoms with van der Waals surface area (Å²) in [6.07, 6.45) is 10.5. The quantitative estimate of drug-likeness (QED) is 0.622. The largest absolute Gasteiger partial charge is 0.496 e. The minimum Gasteiger partial charge on any atom is -0.496 e. The predicted molar refractivity (Wildman–Crippen MR) is 115 cm³/mol. The normalized spacial score (nSPS) is 29.2. The average molecular weight is 409 g/mol. The number of hydrogen-bond donors (Lipinski definition) is 1. The highest BCUT2D eigenvalue weighted by Crippen LogP contribution is 2.61. The van der Waals surface area contributed by atoms with Crippen molar-refractivity contribution in [1.29, 1.82) is 0 Å². The Morgan fingerprint density at radius 2 is 1.80 bits per heavy atom. The van der Waals surface area contributed by atoms with Gasteiger partial charge in [0, 0.05) is 5.69 Å². The Bertz CT molecular complexity index is 897. The van der Waals surface area contributed by atoms with E-state index in [0.717, 1.165) is 47.6 Å². The van der Waals surface area contributed by atoms with E-state index in [4.69, 9.17) is 9.47 Å². The fraction of sp³-hybridized carbons (Fsp3) is 0.600. The highest BCUT2D eigenvalue weighted by Gasteiger charge is 2.50. The topological polar surface area (TPSA) is 64.2 Å². The van der Waals surface area contributed by atoms with E-state index in [1.54, 1.807) is 7.11 Å². The third kappa shape index (κ3) is 3.52. The van der Waals surface area contributed by atoms with Crippen molar-refractivity contribution >= 4 is 5.97 Å². The maximum absolute atomic E-state index is 12.7. The van der Waals surface area contributed by atoms with E-state index < -0.39 is 0 Å². The Labute approximate surface area is 178 Å². The van der Waals surface area contributed by atoms with Crippen LogP contribution in [0.5, 0.6) is 5.75 Å². The first-order valence-electron chi connectivity index (χ1n) is 11.5. The van der Waals surface area contributed by atoms with E-state index in [-0.39, 0.29) is 5.97 Å². The van der Waals surface area contributed by atoms with Crippen molar-refractivity contribution in [2.24, 2.45) is 23.2 Å². The summed E-state index contributed by atoms with van der Waals surface area (Å²) < 4.78 is 10.8. The van der Waals surface area contributed by atoms with Crippen molar-refractivity contribution in [3.63, 3.8) is 0 Å². The first kappa shape index (κ1) is 19.7. The summed E-state index contributed by atoms with van der Waals surface area (Å²) in [5.74, 6) is 3.89. The van der Waals surface area contributed by atoms with E-state index in [9.17, 15) is 4.79 Å². The number of hydrogen-bond acceptors (Lipinski definition) is 4. The smallest absolute Gasteiger partial charge is 0.358 e. The molecular weight excluding hydrogens is 376 g/mol. The van der Waals surface area contributed by atoms with Gasteiger partial charge < -0.3 is 14.5 Å². The fourth-order valence-corrected chi connectivity index (χ4v) is 6.91. The van der Waals surface area contributed by atoms with Crippen molar-refractivity contribution in [3.8, 4) is 17.1 Å². The highest BCUT2D eigenvalue weighted by atomic mass is 16.5. The standard InChI is InChI=1S/C25H32N2O3/c1-3-30-24(28)22-20(26-23(27-22)19-6-4-5-7-21(19)29-2)8-9-25-13-16-10-17(14-25)12-18(11-16)15-25/h4-7,16-18H,3,8-15H2,1-2H3,(H,26,27). The lowest BCUT2D eigenvalue weighted by molar-refractivity contribution is -0.0571. The molecule has 0 atom stereocenters. The van der Waals surface area contributed by atoms with Gasteiger partial charge in [-0.25, -0.2) is 9.78 Å². The molecule has 4 aliphatic carbocycles. The summed E-state index contributed by atoms with van der Waals surface area (Å²) in [5, 5.41) is 0. The minimum absolute atomic E-state index is 0.338. The van der Waals surface area contributed by atoms with Gasteiger partial charge in [-0.1, -0.05) is 12.1 Å². The van der Waals surface area contributed by atoms with Gasteiger partial charge in [-0.05, 0) is 93.6 Å². The van der Waals surface area contributed by atoms with Crippen LogP contribution in [0.15, 0.2) is 24.3 Å². The molecule has 1 heterocycles. The summed E-state index contributed by atoms with van der Waals surface area (Å²) in [5.41, 5.74) is 2.68. The average Bonchev–Trinajstić information content (AvgIpc) is 3.16. The van der Waals surface area contributed by atoms with Crippen LogP contribution in [-0.4, -0.2) is 29.7 Å². The molecule has 4 saturated carbocycles. The minimum atomic E-state index is -0.338. The summed E-state index contributed by atoms with van der Waals surface area (Å²) in [4.78, 5) is 20.8. The SMILES string of the molecule is CCOC(=O)c1nc(-c2ccccc2OC)[nH]c1CCC12CC3CC(CC(C3)C1)C2. The van der Waals surface area contributed by atoms with Crippen LogP contribution in [0.3, 0.4) is 0 Å². The monoisotopic (exact) mass is 408 g/mol. The number of carbonyl (C=O) groups is 1. The number of aromatic nitrogens is 2. The van der Waals surface area contributed by atoms with Gasteiger partial charge in [-0.3, -0.25) is 0 Å². The van der Waals surface area contributed by atoms with Gasteiger partial charge in [0.1, 0.15) is 11.6 Å². The molecule has 6 rings (SSSR count). The molecule has 0 aliphatic heterocycles. The third-order valence-corrected chi connectivity index (χ3v) is 7.68. The summed E-state index contributed by atoms with van der Waals surface area (Å²) in [7, 11) is 1.65. The van der Waals surface area contributed by atoms with Crippen LogP contribution in [-0.2, 0) is 11.2 Å². The lowest BCUT2D eigenvalue weighted by atomic mass is 9.48. The molecule has 30 heavy (non-hydrogen) atoms. The Hall–Kier alpha value is -2.30. The van der Waals surface area contributed by atoms with E-state index in [1.807, 2.05) is 31.2 Å². The van der Waals surface area contributed by atoms with Gasteiger partial charge in [0.25, 0.3) is 0 Å². The second-order valence-corrected chi connectivity index (χ2v) is 9.75. The van der Waals surface area contributed by atoms with E-state index in [1.165, 1.54) is 38.5 Å². The van der Waals surface area contributed by atoms with Crippen LogP contribution in [0.1, 0.15) is 68.1 Å². The van der Waals surface area contributed by atoms with Gasteiger partial charge in [0.05, 0.1) is 19.3 Å². The van der Waals surface area contributed by atoms with Crippen LogP contribution in [0, 0.1) is 23.2 Å². The Balaban J connectivity index is 1.42. The molecule has 1 aromatic heterocycles. The second kappa shape index (κ2) is 7.75. The first-order chi connectivity index (χ1) is 14.6. The van der Waals surface area contributed by atoms with Gasteiger partial charge in [0.15, 0.2) is 5.69 Å². The number of aromatic amines is 1. The fourth-order valence-electron chi connectivity index (χ4n) is 6.91. The van der Waals surface area contributed by atoms with Crippen LogP contribution >= 0.6 is 0 Å². The van der Waals surface area contributed by atoms with Crippen molar-refractivity contribution in [1.82, 2.24) is 9.97 Å². The number of benzene rings is 1. The molecule has 0 unspecified atom stereocenters. The van der Waals surface area contributed by atoms with Gasteiger partial charge >= 0.3 is 5.97 Å². The second-order valence-electron chi connectivity index (χ2n) is 9.75. The summed E-state index contributed by atoms with van der Waals surface area (Å²) in [6, 6.07) is 7.78.